The monoisotopic (exact) mass is 258 g/mol. The second-order valence-electron chi connectivity index (χ2n) is 4.52. The third kappa shape index (κ3) is 6.12. The van der Waals surface area contributed by atoms with Crippen molar-refractivity contribution in [2.24, 2.45) is 0 Å². The fourth-order valence-corrected chi connectivity index (χ4v) is 2.24. The van der Waals surface area contributed by atoms with E-state index in [-0.39, 0.29) is 0 Å². The van der Waals surface area contributed by atoms with Crippen LogP contribution >= 0.6 is 11.3 Å². The molecule has 0 fully saturated rings. The Morgan fingerprint density at radius 1 is 1.53 bits per heavy atom. The summed E-state index contributed by atoms with van der Waals surface area (Å²) in [6.07, 6.45) is 1.33. The first-order chi connectivity index (χ1) is 8.03. The van der Waals surface area contributed by atoms with Crippen molar-refractivity contribution in [3.05, 3.63) is 16.1 Å². The first-order valence-electron chi connectivity index (χ1n) is 5.86. The summed E-state index contributed by atoms with van der Waals surface area (Å²) in [7, 11) is 1.68. The van der Waals surface area contributed by atoms with Crippen LogP contribution < -0.4 is 5.32 Å². The van der Waals surface area contributed by atoms with Crippen molar-refractivity contribution in [3.63, 3.8) is 0 Å². The second kappa shape index (κ2) is 7.06. The minimum atomic E-state index is -0.694. The van der Waals surface area contributed by atoms with Gasteiger partial charge in [0, 0.05) is 25.5 Å². The number of methoxy groups -OCH3 is 1. The molecule has 98 valence electrons. The maximum absolute atomic E-state index is 10.2. The van der Waals surface area contributed by atoms with Gasteiger partial charge in [-0.2, -0.15) is 0 Å². The highest BCUT2D eigenvalue weighted by molar-refractivity contribution is 7.09. The fourth-order valence-electron chi connectivity index (χ4n) is 1.62. The number of nitrogens with zero attached hydrogens (tertiary/aromatic N) is 1. The van der Waals surface area contributed by atoms with Gasteiger partial charge in [0.25, 0.3) is 0 Å². The van der Waals surface area contributed by atoms with E-state index >= 15 is 0 Å². The summed E-state index contributed by atoms with van der Waals surface area (Å²) in [6, 6.07) is 0. The number of aromatic nitrogens is 1. The van der Waals surface area contributed by atoms with Gasteiger partial charge < -0.3 is 15.2 Å². The quantitative estimate of drug-likeness (QED) is 0.692. The molecule has 0 spiro atoms. The van der Waals surface area contributed by atoms with E-state index in [2.05, 4.69) is 10.3 Å². The molecular weight excluding hydrogens is 236 g/mol. The van der Waals surface area contributed by atoms with E-state index in [1.54, 1.807) is 18.4 Å². The molecule has 0 aliphatic carbocycles. The minimum Gasteiger partial charge on any atom is -0.390 e. The topological polar surface area (TPSA) is 54.4 Å². The minimum absolute atomic E-state index is 0.614. The highest BCUT2D eigenvalue weighted by Gasteiger charge is 2.21. The van der Waals surface area contributed by atoms with Crippen molar-refractivity contribution in [1.82, 2.24) is 10.3 Å². The molecule has 0 saturated carbocycles. The SMILES string of the molecule is COCCNCCC(C)(O)Cc1csc(C)n1. The molecule has 0 aliphatic rings. The molecule has 5 heteroatoms. The van der Waals surface area contributed by atoms with E-state index in [4.69, 9.17) is 4.74 Å². The van der Waals surface area contributed by atoms with Crippen LogP contribution in [-0.4, -0.2) is 42.5 Å². The lowest BCUT2D eigenvalue weighted by Gasteiger charge is -2.22. The smallest absolute Gasteiger partial charge is 0.0897 e. The Labute approximate surface area is 107 Å². The van der Waals surface area contributed by atoms with Gasteiger partial charge in [-0.05, 0) is 26.8 Å². The number of aliphatic hydroxyl groups is 1. The average Bonchev–Trinajstić information content (AvgIpc) is 2.62. The summed E-state index contributed by atoms with van der Waals surface area (Å²) >= 11 is 1.63. The van der Waals surface area contributed by atoms with Crippen LogP contribution in [0.4, 0.5) is 0 Å². The van der Waals surface area contributed by atoms with E-state index in [0.29, 0.717) is 19.4 Å². The van der Waals surface area contributed by atoms with Crippen molar-refractivity contribution in [2.45, 2.75) is 32.3 Å². The molecule has 0 aliphatic heterocycles. The highest BCUT2D eigenvalue weighted by atomic mass is 32.1. The number of hydrogen-bond donors (Lipinski definition) is 2. The molecular formula is C12H22N2O2S. The van der Waals surface area contributed by atoms with Crippen LogP contribution in [0.25, 0.3) is 0 Å². The van der Waals surface area contributed by atoms with Gasteiger partial charge in [0.1, 0.15) is 0 Å². The molecule has 17 heavy (non-hydrogen) atoms. The summed E-state index contributed by atoms with van der Waals surface area (Å²) < 4.78 is 4.94. The normalized spacial score (nSPS) is 14.8. The van der Waals surface area contributed by atoms with Crippen molar-refractivity contribution in [2.75, 3.05) is 26.8 Å². The lowest BCUT2D eigenvalue weighted by atomic mass is 9.96. The van der Waals surface area contributed by atoms with E-state index < -0.39 is 5.60 Å². The van der Waals surface area contributed by atoms with Crippen molar-refractivity contribution >= 4 is 11.3 Å². The Hall–Kier alpha value is -0.490. The van der Waals surface area contributed by atoms with Crippen molar-refractivity contribution < 1.29 is 9.84 Å². The molecule has 1 aromatic rings. The van der Waals surface area contributed by atoms with E-state index in [9.17, 15) is 5.11 Å². The number of nitrogens with one attached hydrogen (secondary N) is 1. The van der Waals surface area contributed by atoms with Crippen molar-refractivity contribution in [1.29, 1.82) is 0 Å². The molecule has 0 aromatic carbocycles. The van der Waals surface area contributed by atoms with Gasteiger partial charge in [-0.15, -0.1) is 11.3 Å². The molecule has 0 amide bonds. The van der Waals surface area contributed by atoms with E-state index in [1.165, 1.54) is 0 Å². The van der Waals surface area contributed by atoms with Crippen LogP contribution in [0.1, 0.15) is 24.0 Å². The number of rotatable bonds is 8. The van der Waals surface area contributed by atoms with Gasteiger partial charge in [-0.1, -0.05) is 0 Å². The Balaban J connectivity index is 2.25. The van der Waals surface area contributed by atoms with Gasteiger partial charge >= 0.3 is 0 Å². The van der Waals surface area contributed by atoms with Crippen LogP contribution in [0.15, 0.2) is 5.38 Å². The molecule has 1 rings (SSSR count). The first kappa shape index (κ1) is 14.6. The molecule has 1 unspecified atom stereocenters. The Morgan fingerprint density at radius 3 is 2.88 bits per heavy atom. The Morgan fingerprint density at radius 2 is 2.29 bits per heavy atom. The number of hydrogen-bond acceptors (Lipinski definition) is 5. The standard InChI is InChI=1S/C12H22N2O2S/c1-10-14-11(9-17-10)8-12(2,15)4-5-13-6-7-16-3/h9,13,15H,4-8H2,1-3H3. The molecule has 4 nitrogen and oxygen atoms in total. The molecule has 1 heterocycles. The summed E-state index contributed by atoms with van der Waals surface area (Å²) in [5, 5.41) is 16.5. The Kier molecular flexibility index (Phi) is 6.05. The summed E-state index contributed by atoms with van der Waals surface area (Å²) in [5.74, 6) is 0. The summed E-state index contributed by atoms with van der Waals surface area (Å²) in [5.41, 5.74) is 0.287. The number of thiazole rings is 1. The third-order valence-electron chi connectivity index (χ3n) is 2.55. The molecule has 1 atom stereocenters. The maximum Gasteiger partial charge on any atom is 0.0897 e. The Bertz CT molecular complexity index is 326. The van der Waals surface area contributed by atoms with Crippen LogP contribution in [-0.2, 0) is 11.2 Å². The van der Waals surface area contributed by atoms with Gasteiger partial charge in [0.05, 0.1) is 22.9 Å². The van der Waals surface area contributed by atoms with Crippen molar-refractivity contribution in [3.8, 4) is 0 Å². The van der Waals surface area contributed by atoms with Crippen LogP contribution in [0, 0.1) is 6.92 Å². The predicted molar refractivity (Wildman–Crippen MR) is 70.5 cm³/mol. The lowest BCUT2D eigenvalue weighted by molar-refractivity contribution is 0.0502. The fraction of sp³-hybridized carbons (Fsp3) is 0.750. The van der Waals surface area contributed by atoms with Gasteiger partial charge in [-0.25, -0.2) is 4.98 Å². The number of aryl methyl sites for hydroxylation is 1. The maximum atomic E-state index is 10.2. The zero-order chi connectivity index (χ0) is 12.7. The zero-order valence-electron chi connectivity index (χ0n) is 10.8. The van der Waals surface area contributed by atoms with Crippen LogP contribution in [0.5, 0.6) is 0 Å². The summed E-state index contributed by atoms with van der Waals surface area (Å²) in [6.45, 7) is 6.16. The second-order valence-corrected chi connectivity index (χ2v) is 5.59. The molecule has 2 N–H and O–H groups in total. The average molecular weight is 258 g/mol. The summed E-state index contributed by atoms with van der Waals surface area (Å²) in [4.78, 5) is 4.37. The largest absolute Gasteiger partial charge is 0.390 e. The molecule has 0 radical (unpaired) electrons. The first-order valence-corrected chi connectivity index (χ1v) is 6.74. The van der Waals surface area contributed by atoms with E-state index in [0.717, 1.165) is 23.8 Å². The van der Waals surface area contributed by atoms with Gasteiger partial charge in [0.15, 0.2) is 0 Å². The zero-order valence-corrected chi connectivity index (χ0v) is 11.6. The van der Waals surface area contributed by atoms with E-state index in [1.807, 2.05) is 19.2 Å². The molecule has 0 bridgehead atoms. The van der Waals surface area contributed by atoms with Crippen LogP contribution in [0.2, 0.25) is 0 Å². The van der Waals surface area contributed by atoms with Gasteiger partial charge in [-0.3, -0.25) is 0 Å². The molecule has 0 saturated heterocycles. The van der Waals surface area contributed by atoms with Crippen LogP contribution in [0.3, 0.4) is 0 Å². The van der Waals surface area contributed by atoms with Gasteiger partial charge in [0.2, 0.25) is 0 Å². The highest BCUT2D eigenvalue weighted by Crippen LogP contribution is 2.18. The number of ether oxygens (including phenoxy) is 1. The lowest BCUT2D eigenvalue weighted by Crippen LogP contribution is -2.33. The molecule has 1 aromatic heterocycles. The predicted octanol–water partition coefficient (Wildman–Crippen LogP) is 1.37. The third-order valence-corrected chi connectivity index (χ3v) is 3.37.